The van der Waals surface area contributed by atoms with Gasteiger partial charge in [0.15, 0.2) is 11.6 Å². The van der Waals surface area contributed by atoms with Crippen molar-refractivity contribution in [1.82, 2.24) is 4.90 Å². The van der Waals surface area contributed by atoms with Crippen LogP contribution in [0.5, 0.6) is 5.75 Å². The van der Waals surface area contributed by atoms with Crippen LogP contribution in [-0.2, 0) is 0 Å². The molecule has 0 unspecified atom stereocenters. The predicted octanol–water partition coefficient (Wildman–Crippen LogP) is 1.98. The lowest BCUT2D eigenvalue weighted by molar-refractivity contribution is 0.270. The fourth-order valence-electron chi connectivity index (χ4n) is 2.21. The van der Waals surface area contributed by atoms with Gasteiger partial charge in [0, 0.05) is 26.2 Å². The van der Waals surface area contributed by atoms with E-state index in [2.05, 4.69) is 16.7 Å². The molecule has 4 heteroatoms. The Morgan fingerprint density at radius 2 is 1.94 bits per heavy atom. The number of methoxy groups -OCH3 is 1. The highest BCUT2D eigenvalue weighted by molar-refractivity contribution is 5.53. The van der Waals surface area contributed by atoms with Gasteiger partial charge in [-0.1, -0.05) is 13.0 Å². The Morgan fingerprint density at radius 1 is 1.24 bits per heavy atom. The Hall–Kier alpha value is -1.29. The summed E-state index contributed by atoms with van der Waals surface area (Å²) in [7, 11) is 1.50. The molecule has 2 rings (SSSR count). The average molecular weight is 238 g/mol. The summed E-state index contributed by atoms with van der Waals surface area (Å²) in [6, 6.07) is 5.31. The fourth-order valence-corrected chi connectivity index (χ4v) is 2.21. The summed E-state index contributed by atoms with van der Waals surface area (Å²) in [5.74, 6) is 0.0698. The third kappa shape index (κ3) is 2.52. The van der Waals surface area contributed by atoms with E-state index in [0.717, 1.165) is 32.7 Å². The molecule has 0 amide bonds. The smallest absolute Gasteiger partial charge is 0.188 e. The monoisotopic (exact) mass is 238 g/mol. The minimum Gasteiger partial charge on any atom is -0.494 e. The molecule has 0 spiro atoms. The van der Waals surface area contributed by atoms with Gasteiger partial charge >= 0.3 is 0 Å². The summed E-state index contributed by atoms with van der Waals surface area (Å²) < 4.78 is 19.1. The summed E-state index contributed by atoms with van der Waals surface area (Å²) in [5.41, 5.74) is 0.653. The number of benzene rings is 1. The summed E-state index contributed by atoms with van der Waals surface area (Å²) in [6.07, 6.45) is 0. The van der Waals surface area contributed by atoms with Crippen molar-refractivity contribution in [2.75, 3.05) is 44.7 Å². The normalized spacial score (nSPS) is 17.2. The van der Waals surface area contributed by atoms with Crippen molar-refractivity contribution in [3.63, 3.8) is 0 Å². The van der Waals surface area contributed by atoms with Crippen molar-refractivity contribution >= 4 is 5.69 Å². The molecule has 0 saturated carbocycles. The molecule has 1 aromatic carbocycles. The Kier molecular flexibility index (Phi) is 3.84. The van der Waals surface area contributed by atoms with Gasteiger partial charge in [-0.3, -0.25) is 0 Å². The number of likely N-dealkylation sites (N-methyl/N-ethyl adjacent to an activating group) is 1. The average Bonchev–Trinajstić information content (AvgIpc) is 2.39. The Balaban J connectivity index is 2.13. The van der Waals surface area contributed by atoms with Gasteiger partial charge in [-0.05, 0) is 18.7 Å². The summed E-state index contributed by atoms with van der Waals surface area (Å²) in [6.45, 7) is 6.95. The molecule has 1 fully saturated rings. The molecule has 3 nitrogen and oxygen atoms in total. The Bertz CT molecular complexity index is 376. The van der Waals surface area contributed by atoms with Gasteiger partial charge in [-0.2, -0.15) is 0 Å². The number of piperazine rings is 1. The first-order chi connectivity index (χ1) is 8.26. The molecular weight excluding hydrogens is 219 g/mol. The van der Waals surface area contributed by atoms with Crippen molar-refractivity contribution < 1.29 is 9.13 Å². The number of hydrogen-bond acceptors (Lipinski definition) is 3. The minimum atomic E-state index is -0.250. The van der Waals surface area contributed by atoms with Crippen LogP contribution in [0.15, 0.2) is 18.2 Å². The maximum atomic E-state index is 14.1. The van der Waals surface area contributed by atoms with E-state index in [1.165, 1.54) is 7.11 Å². The highest BCUT2D eigenvalue weighted by Gasteiger charge is 2.19. The molecule has 0 aromatic heterocycles. The SMILES string of the molecule is CCN1CCN(c2cccc(OC)c2F)CC1. The molecule has 1 aromatic rings. The summed E-state index contributed by atoms with van der Waals surface area (Å²) in [4.78, 5) is 4.46. The molecule has 94 valence electrons. The van der Waals surface area contributed by atoms with Crippen LogP contribution >= 0.6 is 0 Å². The molecule has 0 atom stereocenters. The topological polar surface area (TPSA) is 15.7 Å². The zero-order valence-electron chi connectivity index (χ0n) is 10.4. The maximum absolute atomic E-state index is 14.1. The third-order valence-corrected chi connectivity index (χ3v) is 3.32. The molecule has 17 heavy (non-hydrogen) atoms. The van der Waals surface area contributed by atoms with Crippen molar-refractivity contribution in [3.8, 4) is 5.75 Å². The molecule has 0 bridgehead atoms. The van der Waals surface area contributed by atoms with Crippen LogP contribution < -0.4 is 9.64 Å². The number of nitrogens with zero attached hydrogens (tertiary/aromatic N) is 2. The van der Waals surface area contributed by atoms with Gasteiger partial charge < -0.3 is 14.5 Å². The highest BCUT2D eigenvalue weighted by Crippen LogP contribution is 2.27. The van der Waals surface area contributed by atoms with E-state index in [9.17, 15) is 4.39 Å². The summed E-state index contributed by atoms with van der Waals surface area (Å²) in [5, 5.41) is 0. The summed E-state index contributed by atoms with van der Waals surface area (Å²) >= 11 is 0. The highest BCUT2D eigenvalue weighted by atomic mass is 19.1. The number of ether oxygens (including phenoxy) is 1. The molecule has 0 aliphatic carbocycles. The van der Waals surface area contributed by atoms with Gasteiger partial charge in [-0.25, -0.2) is 4.39 Å². The van der Waals surface area contributed by atoms with Crippen LogP contribution in [0.2, 0.25) is 0 Å². The van der Waals surface area contributed by atoms with Crippen LogP contribution in [0.1, 0.15) is 6.92 Å². The van der Waals surface area contributed by atoms with E-state index < -0.39 is 0 Å². The Labute approximate surface area is 102 Å². The molecule has 1 aliphatic rings. The molecule has 0 radical (unpaired) electrons. The van der Waals surface area contributed by atoms with Crippen molar-refractivity contribution in [2.45, 2.75) is 6.92 Å². The van der Waals surface area contributed by atoms with Gasteiger partial charge in [0.2, 0.25) is 0 Å². The quantitative estimate of drug-likeness (QED) is 0.801. The number of anilines is 1. The fraction of sp³-hybridized carbons (Fsp3) is 0.538. The van der Waals surface area contributed by atoms with Gasteiger partial charge in [0.25, 0.3) is 0 Å². The van der Waals surface area contributed by atoms with Crippen LogP contribution in [0.4, 0.5) is 10.1 Å². The molecule has 0 N–H and O–H groups in total. The lowest BCUT2D eigenvalue weighted by Gasteiger charge is -2.35. The van der Waals surface area contributed by atoms with Crippen LogP contribution in [0, 0.1) is 5.82 Å². The lowest BCUT2D eigenvalue weighted by atomic mass is 10.2. The van der Waals surface area contributed by atoms with Crippen LogP contribution in [-0.4, -0.2) is 44.7 Å². The molecule has 1 aliphatic heterocycles. The van der Waals surface area contributed by atoms with Crippen molar-refractivity contribution in [3.05, 3.63) is 24.0 Å². The molecule has 1 heterocycles. The minimum absolute atomic E-state index is 0.250. The van der Waals surface area contributed by atoms with E-state index >= 15 is 0 Å². The van der Waals surface area contributed by atoms with E-state index in [0.29, 0.717) is 11.4 Å². The number of rotatable bonds is 3. The zero-order chi connectivity index (χ0) is 12.3. The predicted molar refractivity (Wildman–Crippen MR) is 67.3 cm³/mol. The van der Waals surface area contributed by atoms with Crippen LogP contribution in [0.3, 0.4) is 0 Å². The van der Waals surface area contributed by atoms with E-state index in [-0.39, 0.29) is 5.82 Å². The van der Waals surface area contributed by atoms with E-state index in [4.69, 9.17) is 4.74 Å². The van der Waals surface area contributed by atoms with Gasteiger partial charge in [0.1, 0.15) is 0 Å². The van der Waals surface area contributed by atoms with Crippen molar-refractivity contribution in [1.29, 1.82) is 0 Å². The van der Waals surface area contributed by atoms with E-state index in [1.807, 2.05) is 12.1 Å². The third-order valence-electron chi connectivity index (χ3n) is 3.32. The lowest BCUT2D eigenvalue weighted by Crippen LogP contribution is -2.46. The number of halogens is 1. The largest absolute Gasteiger partial charge is 0.494 e. The first-order valence-corrected chi connectivity index (χ1v) is 6.06. The van der Waals surface area contributed by atoms with Gasteiger partial charge in [-0.15, -0.1) is 0 Å². The Morgan fingerprint density at radius 3 is 2.53 bits per heavy atom. The van der Waals surface area contributed by atoms with Crippen LogP contribution in [0.25, 0.3) is 0 Å². The first kappa shape index (κ1) is 12.2. The second kappa shape index (κ2) is 5.36. The van der Waals surface area contributed by atoms with Gasteiger partial charge in [0.05, 0.1) is 12.8 Å². The first-order valence-electron chi connectivity index (χ1n) is 6.06. The standard InChI is InChI=1S/C13H19FN2O/c1-3-15-7-9-16(10-8-15)11-5-4-6-12(17-2)13(11)14/h4-6H,3,7-10H2,1-2H3. The molecule has 1 saturated heterocycles. The number of hydrogen-bond donors (Lipinski definition) is 0. The van der Waals surface area contributed by atoms with E-state index in [1.54, 1.807) is 6.07 Å². The second-order valence-electron chi connectivity index (χ2n) is 4.21. The zero-order valence-corrected chi connectivity index (χ0v) is 10.4. The molecular formula is C13H19FN2O. The second-order valence-corrected chi connectivity index (χ2v) is 4.21. The maximum Gasteiger partial charge on any atom is 0.188 e. The van der Waals surface area contributed by atoms with Crippen molar-refractivity contribution in [2.24, 2.45) is 0 Å².